The fourth-order valence-corrected chi connectivity index (χ4v) is 10.4. The van der Waals surface area contributed by atoms with Crippen molar-refractivity contribution in [2.75, 3.05) is 62.2 Å². The molecule has 3 saturated heterocycles. The minimum atomic E-state index is -0.582. The minimum Gasteiger partial charge on any atom is -0.508 e. The van der Waals surface area contributed by atoms with Crippen molar-refractivity contribution in [2.45, 2.75) is 88.9 Å². The van der Waals surface area contributed by atoms with E-state index >= 15 is 0 Å². The normalized spacial score (nSPS) is 24.8. The Morgan fingerprint density at radius 2 is 1.43 bits per heavy atom. The summed E-state index contributed by atoms with van der Waals surface area (Å²) in [6.45, 7) is 8.77. The second-order valence-corrected chi connectivity index (χ2v) is 16.6. The maximum absolute atomic E-state index is 13.2. The van der Waals surface area contributed by atoms with E-state index in [0.717, 1.165) is 70.0 Å². The molecule has 0 spiro atoms. The number of nitrogens with one attached hydrogen (secondary N) is 1. The first kappa shape index (κ1) is 35.3. The number of hydrogen-bond acceptors (Lipinski definition) is 8. The summed E-state index contributed by atoms with van der Waals surface area (Å²) in [5, 5.41) is 12.6. The first-order chi connectivity index (χ1) is 26.4. The summed E-state index contributed by atoms with van der Waals surface area (Å²) in [7, 11) is 0. The molecule has 3 aromatic carbocycles. The number of hydrogen-bond donors (Lipinski definition) is 2. The summed E-state index contributed by atoms with van der Waals surface area (Å²) in [4.78, 5) is 49.3. The van der Waals surface area contributed by atoms with Gasteiger partial charge in [0.1, 0.15) is 11.8 Å². The molecule has 6 aliphatic rings. The standard InChI is InChI=1S/C44H54N6O4/c51-37-11-13-38-32(27-37)18-21-49(35-4-2-1-3-5-35)42(38)31-6-8-34(9-7-31)47-19-16-30(17-20-47)28-46-22-24-48(25-23-46)36-10-12-39-33(26-36)29-50(44(39)54)40-14-15-41(52)45-43(40)53/h6-13,26-27,30,35,40,42,51H,1-5,14-25,28-29H2,(H,45,52,53)/t40-,42?/m0/s1. The molecule has 284 valence electrons. The summed E-state index contributed by atoms with van der Waals surface area (Å²) >= 11 is 0. The Labute approximate surface area is 319 Å². The van der Waals surface area contributed by atoms with Crippen LogP contribution >= 0.6 is 0 Å². The average Bonchev–Trinajstić information content (AvgIpc) is 3.53. The number of aromatic hydroxyl groups is 1. The van der Waals surface area contributed by atoms with Gasteiger partial charge >= 0.3 is 0 Å². The minimum absolute atomic E-state index is 0.117. The van der Waals surface area contributed by atoms with Crippen molar-refractivity contribution in [3.05, 3.63) is 88.5 Å². The number of piperidine rings is 2. The zero-order valence-electron chi connectivity index (χ0n) is 31.4. The van der Waals surface area contributed by atoms with Gasteiger partial charge in [0.2, 0.25) is 11.8 Å². The van der Waals surface area contributed by atoms with Crippen molar-refractivity contribution in [1.82, 2.24) is 20.0 Å². The molecule has 10 nitrogen and oxygen atoms in total. The zero-order chi connectivity index (χ0) is 36.8. The smallest absolute Gasteiger partial charge is 0.255 e. The molecule has 1 unspecified atom stereocenters. The lowest BCUT2D eigenvalue weighted by Gasteiger charge is -2.44. The van der Waals surface area contributed by atoms with Crippen LogP contribution in [0, 0.1) is 5.92 Å². The Bertz CT molecular complexity index is 1880. The van der Waals surface area contributed by atoms with Gasteiger partial charge in [-0.1, -0.05) is 37.5 Å². The SMILES string of the molecule is O=C1CC[C@H](N2Cc3cc(N4CCN(CC5CCN(c6ccc(C7c8ccc(O)cc8CCN7C7CCCCC7)cc6)CC5)CC4)ccc3C2=O)C(=O)N1. The Morgan fingerprint density at radius 3 is 2.19 bits per heavy atom. The number of fused-ring (bicyclic) bond motifs is 2. The fraction of sp³-hybridized carbons (Fsp3) is 0.523. The molecule has 0 aromatic heterocycles. The van der Waals surface area contributed by atoms with Gasteiger partial charge in [-0.25, -0.2) is 0 Å². The van der Waals surface area contributed by atoms with E-state index < -0.39 is 6.04 Å². The quantitative estimate of drug-likeness (QED) is 0.309. The maximum Gasteiger partial charge on any atom is 0.255 e. The summed E-state index contributed by atoms with van der Waals surface area (Å²) in [5.74, 6) is 0.329. The van der Waals surface area contributed by atoms with Crippen molar-refractivity contribution in [3.8, 4) is 5.75 Å². The average molecular weight is 731 g/mol. The molecule has 9 rings (SSSR count). The second-order valence-electron chi connectivity index (χ2n) is 16.6. The van der Waals surface area contributed by atoms with Crippen molar-refractivity contribution in [1.29, 1.82) is 0 Å². The van der Waals surface area contributed by atoms with Gasteiger partial charge in [-0.15, -0.1) is 0 Å². The van der Waals surface area contributed by atoms with Crippen LogP contribution in [0.4, 0.5) is 11.4 Å². The molecule has 1 aliphatic carbocycles. The van der Waals surface area contributed by atoms with E-state index in [4.69, 9.17) is 0 Å². The summed E-state index contributed by atoms with van der Waals surface area (Å²) in [6.07, 6.45) is 10.7. The predicted octanol–water partition coefficient (Wildman–Crippen LogP) is 5.47. The highest BCUT2D eigenvalue weighted by Crippen LogP contribution is 2.41. The molecule has 5 aliphatic heterocycles. The number of rotatable bonds is 7. The molecule has 0 radical (unpaired) electrons. The number of amides is 3. The number of phenolic OH excluding ortho intramolecular Hbond substituents is 1. The van der Waals surface area contributed by atoms with Gasteiger partial charge < -0.3 is 19.8 Å². The molecule has 2 atom stereocenters. The predicted molar refractivity (Wildman–Crippen MR) is 210 cm³/mol. The molecule has 1 saturated carbocycles. The van der Waals surface area contributed by atoms with Crippen LogP contribution in [-0.4, -0.2) is 102 Å². The lowest BCUT2D eigenvalue weighted by atomic mass is 9.84. The molecule has 54 heavy (non-hydrogen) atoms. The number of phenols is 1. The van der Waals surface area contributed by atoms with Gasteiger partial charge in [0, 0.05) is 88.3 Å². The van der Waals surface area contributed by atoms with Crippen molar-refractivity contribution < 1.29 is 19.5 Å². The molecular formula is C44H54N6O4. The highest BCUT2D eigenvalue weighted by atomic mass is 16.3. The van der Waals surface area contributed by atoms with Crippen molar-refractivity contribution in [2.24, 2.45) is 5.92 Å². The van der Waals surface area contributed by atoms with Gasteiger partial charge in [0.25, 0.3) is 5.91 Å². The van der Waals surface area contributed by atoms with Gasteiger partial charge in [0.05, 0.1) is 6.04 Å². The summed E-state index contributed by atoms with van der Waals surface area (Å²) in [5.41, 5.74) is 8.12. The fourth-order valence-electron chi connectivity index (χ4n) is 10.4. The second kappa shape index (κ2) is 15.0. The van der Waals surface area contributed by atoms with E-state index in [0.29, 0.717) is 36.2 Å². The molecule has 0 bridgehead atoms. The summed E-state index contributed by atoms with van der Waals surface area (Å²) < 4.78 is 0. The third-order valence-electron chi connectivity index (χ3n) is 13.4. The molecule has 4 fully saturated rings. The number of carbonyl (C=O) groups excluding carboxylic acids is 3. The third-order valence-corrected chi connectivity index (χ3v) is 13.4. The summed E-state index contributed by atoms with van der Waals surface area (Å²) in [6, 6.07) is 21.9. The Hall–Kier alpha value is -4.41. The Kier molecular flexibility index (Phi) is 9.82. The number of imide groups is 1. The topological polar surface area (TPSA) is 99.7 Å². The van der Waals surface area contributed by atoms with E-state index in [1.165, 1.54) is 67.3 Å². The molecule has 5 heterocycles. The number of piperazine rings is 1. The number of benzene rings is 3. The lowest BCUT2D eigenvalue weighted by Crippen LogP contribution is -2.52. The van der Waals surface area contributed by atoms with Gasteiger partial charge in [0.15, 0.2) is 0 Å². The van der Waals surface area contributed by atoms with Crippen LogP contribution in [0.15, 0.2) is 60.7 Å². The largest absolute Gasteiger partial charge is 0.508 e. The molecule has 3 amide bonds. The first-order valence-corrected chi connectivity index (χ1v) is 20.6. The van der Waals surface area contributed by atoms with Crippen LogP contribution < -0.4 is 15.1 Å². The van der Waals surface area contributed by atoms with Gasteiger partial charge in [-0.05, 0) is 109 Å². The third kappa shape index (κ3) is 6.99. The highest BCUT2D eigenvalue weighted by molar-refractivity contribution is 6.05. The number of nitrogens with zero attached hydrogens (tertiary/aromatic N) is 5. The molecular weight excluding hydrogens is 677 g/mol. The van der Waals surface area contributed by atoms with Crippen LogP contribution in [-0.2, 0) is 22.6 Å². The number of carbonyl (C=O) groups is 3. The van der Waals surface area contributed by atoms with Gasteiger partial charge in [-0.3, -0.25) is 29.5 Å². The maximum atomic E-state index is 13.2. The first-order valence-electron chi connectivity index (χ1n) is 20.6. The van der Waals surface area contributed by atoms with E-state index in [2.05, 4.69) is 67.4 Å². The van der Waals surface area contributed by atoms with Crippen molar-refractivity contribution >= 4 is 29.1 Å². The lowest BCUT2D eigenvalue weighted by molar-refractivity contribution is -0.136. The van der Waals surface area contributed by atoms with Gasteiger partial charge in [-0.2, -0.15) is 0 Å². The van der Waals surface area contributed by atoms with Crippen LogP contribution in [0.1, 0.15) is 96.4 Å². The Morgan fingerprint density at radius 1 is 0.685 bits per heavy atom. The van der Waals surface area contributed by atoms with Crippen LogP contribution in [0.3, 0.4) is 0 Å². The molecule has 2 N–H and O–H groups in total. The molecule has 3 aromatic rings. The van der Waals surface area contributed by atoms with Crippen LogP contribution in [0.25, 0.3) is 0 Å². The zero-order valence-corrected chi connectivity index (χ0v) is 31.4. The Balaban J connectivity index is 0.773. The van der Waals surface area contributed by atoms with Crippen LogP contribution in [0.2, 0.25) is 0 Å². The van der Waals surface area contributed by atoms with Crippen molar-refractivity contribution in [3.63, 3.8) is 0 Å². The highest BCUT2D eigenvalue weighted by Gasteiger charge is 2.40. The van der Waals surface area contributed by atoms with Crippen LogP contribution in [0.5, 0.6) is 5.75 Å². The van der Waals surface area contributed by atoms with E-state index in [1.807, 2.05) is 18.2 Å². The molecule has 10 heteroatoms. The monoisotopic (exact) mass is 730 g/mol. The van der Waals surface area contributed by atoms with E-state index in [1.54, 1.807) is 4.90 Å². The number of anilines is 2. The van der Waals surface area contributed by atoms with E-state index in [9.17, 15) is 19.5 Å². The van der Waals surface area contributed by atoms with E-state index in [-0.39, 0.29) is 30.2 Å².